The van der Waals surface area contributed by atoms with Crippen LogP contribution in [0.2, 0.25) is 0 Å². The summed E-state index contributed by atoms with van der Waals surface area (Å²) in [5, 5.41) is 0. The Balaban J connectivity index is 3.12. The van der Waals surface area contributed by atoms with Gasteiger partial charge >= 0.3 is 5.97 Å². The molecule has 0 saturated carbocycles. The van der Waals surface area contributed by atoms with Crippen molar-refractivity contribution in [1.29, 1.82) is 0 Å². The van der Waals surface area contributed by atoms with Crippen LogP contribution < -0.4 is 0 Å². The molecule has 0 aromatic carbocycles. The van der Waals surface area contributed by atoms with Crippen molar-refractivity contribution >= 4 is 5.97 Å². The summed E-state index contributed by atoms with van der Waals surface area (Å²) in [6.07, 6.45) is 6.94. The molecule has 0 aromatic rings. The van der Waals surface area contributed by atoms with E-state index in [0.717, 1.165) is 38.9 Å². The topological polar surface area (TPSA) is 35.5 Å². The zero-order chi connectivity index (χ0) is 12.1. The first-order chi connectivity index (χ1) is 7.81. The van der Waals surface area contributed by atoms with Gasteiger partial charge in [0.05, 0.1) is 6.61 Å². The van der Waals surface area contributed by atoms with Gasteiger partial charge in [-0.3, -0.25) is 4.79 Å². The van der Waals surface area contributed by atoms with Crippen LogP contribution in [0.15, 0.2) is 0 Å². The fraction of sp³-hybridized carbons (Fsp3) is 0.923. The van der Waals surface area contributed by atoms with Crippen molar-refractivity contribution in [3.63, 3.8) is 0 Å². The van der Waals surface area contributed by atoms with E-state index < -0.39 is 0 Å². The van der Waals surface area contributed by atoms with Crippen LogP contribution in [0.5, 0.6) is 0 Å². The predicted octanol–water partition coefficient (Wildman–Crippen LogP) is 3.32. The van der Waals surface area contributed by atoms with Crippen LogP contribution in [0.1, 0.15) is 58.8 Å². The predicted molar refractivity (Wildman–Crippen MR) is 65.4 cm³/mol. The maximum absolute atomic E-state index is 11.2. The van der Waals surface area contributed by atoms with Gasteiger partial charge in [-0.25, -0.2) is 0 Å². The van der Waals surface area contributed by atoms with E-state index in [4.69, 9.17) is 9.47 Å². The van der Waals surface area contributed by atoms with Crippen LogP contribution in [0.4, 0.5) is 0 Å². The quantitative estimate of drug-likeness (QED) is 0.403. The molecule has 0 aromatic heterocycles. The number of hydrogen-bond acceptors (Lipinski definition) is 3. The maximum atomic E-state index is 11.2. The molecule has 0 N–H and O–H groups in total. The van der Waals surface area contributed by atoms with Crippen LogP contribution >= 0.6 is 0 Å². The fourth-order valence-electron chi connectivity index (χ4n) is 1.40. The van der Waals surface area contributed by atoms with Crippen LogP contribution in [0, 0.1) is 0 Å². The Hall–Kier alpha value is -0.570. The van der Waals surface area contributed by atoms with Crippen LogP contribution in [-0.4, -0.2) is 25.8 Å². The molecule has 96 valence electrons. The highest BCUT2D eigenvalue weighted by Crippen LogP contribution is 2.02. The normalized spacial score (nSPS) is 10.4. The minimum absolute atomic E-state index is 0.0620. The highest BCUT2D eigenvalue weighted by Gasteiger charge is 2.01. The van der Waals surface area contributed by atoms with Gasteiger partial charge in [0.2, 0.25) is 0 Å². The van der Waals surface area contributed by atoms with Crippen molar-refractivity contribution in [2.24, 2.45) is 0 Å². The molecule has 16 heavy (non-hydrogen) atoms. The molecule has 0 amide bonds. The molecule has 0 spiro atoms. The number of hydrogen-bond donors (Lipinski definition) is 0. The van der Waals surface area contributed by atoms with Crippen LogP contribution in [0.25, 0.3) is 0 Å². The van der Waals surface area contributed by atoms with Gasteiger partial charge in [0.1, 0.15) is 0 Å². The summed E-state index contributed by atoms with van der Waals surface area (Å²) in [6.45, 7) is 6.24. The molecule has 3 nitrogen and oxygen atoms in total. The third kappa shape index (κ3) is 11.5. The van der Waals surface area contributed by atoms with Crippen molar-refractivity contribution in [3.05, 3.63) is 0 Å². The molecular formula is C13H26O3. The summed E-state index contributed by atoms with van der Waals surface area (Å²) in [7, 11) is 0. The minimum atomic E-state index is -0.0620. The molecule has 0 aliphatic carbocycles. The number of carbonyl (C=O) groups excluding carboxylic acids is 1. The molecule has 0 rings (SSSR count). The number of carbonyl (C=O) groups is 1. The minimum Gasteiger partial charge on any atom is -0.466 e. The zero-order valence-corrected chi connectivity index (χ0v) is 10.8. The lowest BCUT2D eigenvalue weighted by Gasteiger charge is -2.04. The molecule has 0 fully saturated rings. The lowest BCUT2D eigenvalue weighted by Crippen LogP contribution is -2.06. The van der Waals surface area contributed by atoms with Gasteiger partial charge in [0.15, 0.2) is 0 Å². The number of rotatable bonds is 11. The molecule has 0 saturated heterocycles. The maximum Gasteiger partial charge on any atom is 0.305 e. The molecule has 0 atom stereocenters. The SMILES string of the molecule is CCCCCCOC(=O)CCCCOCC. The lowest BCUT2D eigenvalue weighted by molar-refractivity contribution is -0.143. The summed E-state index contributed by atoms with van der Waals surface area (Å²) >= 11 is 0. The molecule has 0 radical (unpaired) electrons. The molecule has 0 unspecified atom stereocenters. The van der Waals surface area contributed by atoms with E-state index >= 15 is 0 Å². The third-order valence-electron chi connectivity index (χ3n) is 2.38. The van der Waals surface area contributed by atoms with E-state index in [1.165, 1.54) is 12.8 Å². The zero-order valence-electron chi connectivity index (χ0n) is 10.8. The van der Waals surface area contributed by atoms with Crippen LogP contribution in [-0.2, 0) is 14.3 Å². The summed E-state index contributed by atoms with van der Waals surface area (Å²) < 4.78 is 10.3. The second-order valence-electron chi connectivity index (χ2n) is 3.94. The van der Waals surface area contributed by atoms with Gasteiger partial charge in [-0.2, -0.15) is 0 Å². The number of ether oxygens (including phenoxy) is 2. The van der Waals surface area contributed by atoms with Crippen molar-refractivity contribution in [1.82, 2.24) is 0 Å². The van der Waals surface area contributed by atoms with Gasteiger partial charge in [-0.05, 0) is 26.2 Å². The van der Waals surface area contributed by atoms with Crippen molar-refractivity contribution in [2.75, 3.05) is 19.8 Å². The van der Waals surface area contributed by atoms with Crippen LogP contribution in [0.3, 0.4) is 0 Å². The standard InChI is InChI=1S/C13H26O3/c1-3-5-6-8-12-16-13(14)10-7-9-11-15-4-2/h3-12H2,1-2H3. The first-order valence-electron chi connectivity index (χ1n) is 6.54. The summed E-state index contributed by atoms with van der Waals surface area (Å²) in [6, 6.07) is 0. The fourth-order valence-corrected chi connectivity index (χ4v) is 1.40. The van der Waals surface area contributed by atoms with E-state index in [-0.39, 0.29) is 5.97 Å². The van der Waals surface area contributed by atoms with E-state index in [1.54, 1.807) is 0 Å². The Morgan fingerprint density at radius 2 is 1.69 bits per heavy atom. The second kappa shape index (κ2) is 12.5. The first kappa shape index (κ1) is 15.4. The van der Waals surface area contributed by atoms with E-state index in [2.05, 4.69) is 6.92 Å². The van der Waals surface area contributed by atoms with Crippen molar-refractivity contribution < 1.29 is 14.3 Å². The lowest BCUT2D eigenvalue weighted by atomic mass is 10.2. The largest absolute Gasteiger partial charge is 0.466 e. The Kier molecular flexibility index (Phi) is 12.1. The van der Waals surface area contributed by atoms with E-state index in [0.29, 0.717) is 13.0 Å². The Bertz CT molecular complexity index is 141. The summed E-state index contributed by atoms with van der Waals surface area (Å²) in [4.78, 5) is 11.2. The molecule has 0 bridgehead atoms. The highest BCUT2D eigenvalue weighted by molar-refractivity contribution is 5.69. The highest BCUT2D eigenvalue weighted by atomic mass is 16.5. The van der Waals surface area contributed by atoms with Gasteiger partial charge in [0.25, 0.3) is 0 Å². The number of unbranched alkanes of at least 4 members (excludes halogenated alkanes) is 4. The number of esters is 1. The molecular weight excluding hydrogens is 204 g/mol. The molecule has 0 aliphatic heterocycles. The smallest absolute Gasteiger partial charge is 0.305 e. The molecule has 0 heterocycles. The molecule has 0 aliphatic rings. The Morgan fingerprint density at radius 1 is 0.938 bits per heavy atom. The second-order valence-corrected chi connectivity index (χ2v) is 3.94. The van der Waals surface area contributed by atoms with Gasteiger partial charge in [0, 0.05) is 19.6 Å². The third-order valence-corrected chi connectivity index (χ3v) is 2.38. The molecule has 3 heteroatoms. The average Bonchev–Trinajstić information content (AvgIpc) is 2.28. The van der Waals surface area contributed by atoms with E-state index in [9.17, 15) is 4.79 Å². The monoisotopic (exact) mass is 230 g/mol. The van der Waals surface area contributed by atoms with Gasteiger partial charge < -0.3 is 9.47 Å². The van der Waals surface area contributed by atoms with Gasteiger partial charge in [-0.1, -0.05) is 26.2 Å². The average molecular weight is 230 g/mol. The summed E-state index contributed by atoms with van der Waals surface area (Å²) in [5.74, 6) is -0.0620. The van der Waals surface area contributed by atoms with Crippen molar-refractivity contribution in [3.8, 4) is 0 Å². The van der Waals surface area contributed by atoms with Crippen molar-refractivity contribution in [2.45, 2.75) is 58.8 Å². The summed E-state index contributed by atoms with van der Waals surface area (Å²) in [5.41, 5.74) is 0. The Labute approximate surface area is 99.5 Å². The van der Waals surface area contributed by atoms with Gasteiger partial charge in [-0.15, -0.1) is 0 Å². The Morgan fingerprint density at radius 3 is 2.38 bits per heavy atom. The van der Waals surface area contributed by atoms with E-state index in [1.807, 2.05) is 6.92 Å². The first-order valence-corrected chi connectivity index (χ1v) is 6.54.